The molecule has 6 heteroatoms. The second-order valence-electron chi connectivity index (χ2n) is 6.11. The monoisotopic (exact) mass is 351 g/mol. The standard InChI is InChI=1S/C19H18ClN5/c20-17-4-2-1-3-14(17)9-23-18-6-5-13(8-22-18)7-15-10-24-19-16(15)11-21-12-25-19/h1-6,8,11-12,15H,7,9-10H2,(H,22,23)(H,21,24,25). The van der Waals surface area contributed by atoms with Crippen LogP contribution in [0.4, 0.5) is 11.6 Å². The normalized spacial score (nSPS) is 15.5. The highest BCUT2D eigenvalue weighted by Crippen LogP contribution is 2.31. The highest BCUT2D eigenvalue weighted by atomic mass is 35.5. The van der Waals surface area contributed by atoms with Crippen molar-refractivity contribution < 1.29 is 0 Å². The molecule has 0 radical (unpaired) electrons. The van der Waals surface area contributed by atoms with E-state index >= 15 is 0 Å². The number of aromatic nitrogens is 3. The summed E-state index contributed by atoms with van der Waals surface area (Å²) < 4.78 is 0. The average Bonchev–Trinajstić information content (AvgIpc) is 3.05. The Hall–Kier alpha value is -2.66. The average molecular weight is 352 g/mol. The van der Waals surface area contributed by atoms with E-state index in [1.54, 1.807) is 6.33 Å². The van der Waals surface area contributed by atoms with Gasteiger partial charge in [0.2, 0.25) is 0 Å². The van der Waals surface area contributed by atoms with Gasteiger partial charge >= 0.3 is 0 Å². The van der Waals surface area contributed by atoms with Crippen molar-refractivity contribution in [2.24, 2.45) is 0 Å². The van der Waals surface area contributed by atoms with Crippen molar-refractivity contribution in [2.75, 3.05) is 17.2 Å². The van der Waals surface area contributed by atoms with Gasteiger partial charge in [-0.3, -0.25) is 0 Å². The fourth-order valence-corrected chi connectivity index (χ4v) is 3.26. The predicted molar refractivity (Wildman–Crippen MR) is 100.0 cm³/mol. The fraction of sp³-hybridized carbons (Fsp3) is 0.211. The molecular weight excluding hydrogens is 334 g/mol. The molecule has 1 aliphatic heterocycles. The molecule has 3 heterocycles. The number of hydrogen-bond donors (Lipinski definition) is 2. The molecule has 1 unspecified atom stereocenters. The van der Waals surface area contributed by atoms with E-state index in [2.05, 4.69) is 31.7 Å². The van der Waals surface area contributed by atoms with Crippen molar-refractivity contribution in [3.05, 3.63) is 76.8 Å². The Morgan fingerprint density at radius 1 is 1.12 bits per heavy atom. The number of nitrogens with zero attached hydrogens (tertiary/aromatic N) is 3. The third-order valence-electron chi connectivity index (χ3n) is 4.42. The van der Waals surface area contributed by atoms with E-state index in [0.29, 0.717) is 12.5 Å². The van der Waals surface area contributed by atoms with E-state index in [1.807, 2.05) is 42.7 Å². The number of halogens is 1. The van der Waals surface area contributed by atoms with Crippen LogP contribution in [0.25, 0.3) is 0 Å². The number of rotatable bonds is 5. The minimum atomic E-state index is 0.389. The first-order chi connectivity index (χ1) is 12.3. The molecule has 3 aromatic rings. The molecule has 0 aliphatic carbocycles. The summed E-state index contributed by atoms with van der Waals surface area (Å²) in [6, 6.07) is 11.9. The van der Waals surface area contributed by atoms with Gasteiger partial charge in [0.05, 0.1) is 0 Å². The van der Waals surface area contributed by atoms with Gasteiger partial charge in [-0.1, -0.05) is 35.9 Å². The predicted octanol–water partition coefficient (Wildman–Crippen LogP) is 3.89. The molecule has 2 aromatic heterocycles. The Morgan fingerprint density at radius 3 is 2.88 bits per heavy atom. The van der Waals surface area contributed by atoms with Gasteiger partial charge in [-0.05, 0) is 29.7 Å². The Bertz CT molecular complexity index is 866. The van der Waals surface area contributed by atoms with E-state index in [-0.39, 0.29) is 0 Å². The van der Waals surface area contributed by atoms with Crippen LogP contribution in [0.15, 0.2) is 55.1 Å². The zero-order chi connectivity index (χ0) is 17.1. The molecule has 0 bridgehead atoms. The molecule has 126 valence electrons. The van der Waals surface area contributed by atoms with Crippen molar-refractivity contribution in [1.29, 1.82) is 0 Å². The molecule has 25 heavy (non-hydrogen) atoms. The van der Waals surface area contributed by atoms with Crippen LogP contribution in [0.5, 0.6) is 0 Å². The summed E-state index contributed by atoms with van der Waals surface area (Å²) >= 11 is 6.18. The van der Waals surface area contributed by atoms with E-state index < -0.39 is 0 Å². The van der Waals surface area contributed by atoms with E-state index in [0.717, 1.165) is 35.2 Å². The van der Waals surface area contributed by atoms with Crippen molar-refractivity contribution in [1.82, 2.24) is 15.0 Å². The Morgan fingerprint density at radius 2 is 2.04 bits per heavy atom. The largest absolute Gasteiger partial charge is 0.369 e. The second-order valence-corrected chi connectivity index (χ2v) is 6.51. The first-order valence-electron chi connectivity index (χ1n) is 8.25. The van der Waals surface area contributed by atoms with Crippen LogP contribution in [0, 0.1) is 0 Å². The first kappa shape index (κ1) is 15.8. The first-order valence-corrected chi connectivity index (χ1v) is 8.63. The topological polar surface area (TPSA) is 62.7 Å². The zero-order valence-electron chi connectivity index (χ0n) is 13.6. The number of benzene rings is 1. The smallest absolute Gasteiger partial charge is 0.132 e. The molecule has 1 atom stereocenters. The van der Waals surface area contributed by atoms with Gasteiger partial charge in [-0.25, -0.2) is 15.0 Å². The Labute approximate surface area is 151 Å². The highest BCUT2D eigenvalue weighted by molar-refractivity contribution is 6.31. The minimum Gasteiger partial charge on any atom is -0.369 e. The molecule has 1 aliphatic rings. The third-order valence-corrected chi connectivity index (χ3v) is 4.79. The summed E-state index contributed by atoms with van der Waals surface area (Å²) in [6.45, 7) is 1.55. The van der Waals surface area contributed by atoms with E-state index in [9.17, 15) is 0 Å². The lowest BCUT2D eigenvalue weighted by Gasteiger charge is -2.11. The van der Waals surface area contributed by atoms with Crippen LogP contribution in [-0.4, -0.2) is 21.5 Å². The summed E-state index contributed by atoms with van der Waals surface area (Å²) in [5.74, 6) is 2.18. The van der Waals surface area contributed by atoms with Crippen molar-refractivity contribution in [2.45, 2.75) is 18.9 Å². The van der Waals surface area contributed by atoms with Gasteiger partial charge < -0.3 is 10.6 Å². The van der Waals surface area contributed by atoms with Crippen LogP contribution >= 0.6 is 11.6 Å². The molecule has 0 saturated carbocycles. The molecule has 0 spiro atoms. The van der Waals surface area contributed by atoms with Gasteiger partial charge in [0.1, 0.15) is 18.0 Å². The molecular formula is C19H18ClN5. The van der Waals surface area contributed by atoms with E-state index in [1.165, 1.54) is 11.1 Å². The molecule has 2 N–H and O–H groups in total. The molecule has 4 rings (SSSR count). The number of hydrogen-bond acceptors (Lipinski definition) is 5. The maximum atomic E-state index is 6.18. The lowest BCUT2D eigenvalue weighted by Crippen LogP contribution is -2.06. The number of pyridine rings is 1. The second kappa shape index (κ2) is 7.07. The van der Waals surface area contributed by atoms with Crippen molar-refractivity contribution in [3.8, 4) is 0 Å². The highest BCUT2D eigenvalue weighted by Gasteiger charge is 2.23. The molecule has 0 fully saturated rings. The van der Waals surface area contributed by atoms with Gasteiger partial charge in [0.15, 0.2) is 0 Å². The molecule has 0 amide bonds. The van der Waals surface area contributed by atoms with E-state index in [4.69, 9.17) is 11.6 Å². The lowest BCUT2D eigenvalue weighted by molar-refractivity contribution is 0.746. The van der Waals surface area contributed by atoms with Crippen LogP contribution in [-0.2, 0) is 13.0 Å². The summed E-state index contributed by atoms with van der Waals surface area (Å²) in [4.78, 5) is 12.9. The number of anilines is 2. The summed E-state index contributed by atoms with van der Waals surface area (Å²) in [6.07, 6.45) is 6.33. The molecule has 1 aromatic carbocycles. The maximum Gasteiger partial charge on any atom is 0.132 e. The SMILES string of the molecule is Clc1ccccc1CNc1ccc(CC2CNc3ncncc32)cn1. The van der Waals surface area contributed by atoms with Crippen molar-refractivity contribution >= 4 is 23.2 Å². The summed E-state index contributed by atoms with van der Waals surface area (Å²) in [5.41, 5.74) is 3.44. The Kier molecular flexibility index (Phi) is 4.48. The molecule has 0 saturated heterocycles. The van der Waals surface area contributed by atoms with Gasteiger partial charge in [0.25, 0.3) is 0 Å². The van der Waals surface area contributed by atoms with Gasteiger partial charge in [-0.15, -0.1) is 0 Å². The third kappa shape index (κ3) is 3.56. The van der Waals surface area contributed by atoms with Crippen LogP contribution < -0.4 is 10.6 Å². The Balaban J connectivity index is 1.39. The summed E-state index contributed by atoms with van der Waals surface area (Å²) in [7, 11) is 0. The van der Waals surface area contributed by atoms with Crippen LogP contribution in [0.3, 0.4) is 0 Å². The quantitative estimate of drug-likeness (QED) is 0.730. The number of fused-ring (bicyclic) bond motifs is 1. The van der Waals surface area contributed by atoms with Gasteiger partial charge in [-0.2, -0.15) is 0 Å². The summed E-state index contributed by atoms with van der Waals surface area (Å²) in [5, 5.41) is 7.40. The lowest BCUT2D eigenvalue weighted by atomic mass is 9.96. The zero-order valence-corrected chi connectivity index (χ0v) is 14.4. The van der Waals surface area contributed by atoms with Gasteiger partial charge in [0, 0.05) is 42.0 Å². The fourth-order valence-electron chi connectivity index (χ4n) is 3.06. The van der Waals surface area contributed by atoms with Crippen molar-refractivity contribution in [3.63, 3.8) is 0 Å². The molecule has 5 nitrogen and oxygen atoms in total. The minimum absolute atomic E-state index is 0.389. The van der Waals surface area contributed by atoms with Crippen LogP contribution in [0.2, 0.25) is 5.02 Å². The maximum absolute atomic E-state index is 6.18. The number of nitrogens with one attached hydrogen (secondary N) is 2. The van der Waals surface area contributed by atoms with Crippen LogP contribution in [0.1, 0.15) is 22.6 Å².